The summed E-state index contributed by atoms with van der Waals surface area (Å²) in [5, 5.41) is 4.63. The van der Waals surface area contributed by atoms with Crippen molar-refractivity contribution >= 4 is 26.3 Å². The number of carbonyl (C=O) groups excluding carboxylic acids is 1. The van der Waals surface area contributed by atoms with Crippen molar-refractivity contribution in [1.29, 1.82) is 0 Å². The lowest BCUT2D eigenvalue weighted by Gasteiger charge is -2.06. The summed E-state index contributed by atoms with van der Waals surface area (Å²) in [6.07, 6.45) is 0.133. The largest absolute Gasteiger partial charge is 0.338 e. The van der Waals surface area contributed by atoms with E-state index < -0.39 is 37.8 Å². The van der Waals surface area contributed by atoms with Crippen LogP contribution in [-0.2, 0) is 20.2 Å². The van der Waals surface area contributed by atoms with E-state index in [4.69, 9.17) is 9.11 Å². The summed E-state index contributed by atoms with van der Waals surface area (Å²) in [7, 11) is -8.05. The number of urea groups is 1. The molecule has 0 fully saturated rings. The number of rotatable bonds is 8. The van der Waals surface area contributed by atoms with Crippen LogP contribution in [0.3, 0.4) is 0 Å². The fraction of sp³-hybridized carbons (Fsp3) is 0.857. The molecule has 0 heterocycles. The Morgan fingerprint density at radius 3 is 1.44 bits per heavy atom. The third-order valence-electron chi connectivity index (χ3n) is 1.73. The van der Waals surface area contributed by atoms with Crippen LogP contribution in [0.25, 0.3) is 0 Å². The molecule has 0 aliphatic heterocycles. The van der Waals surface area contributed by atoms with E-state index in [1.54, 1.807) is 0 Å². The Morgan fingerprint density at radius 1 is 0.833 bits per heavy atom. The minimum absolute atomic E-state index is 0.0594. The number of carbonyl (C=O) groups is 1. The van der Waals surface area contributed by atoms with Gasteiger partial charge in [-0.3, -0.25) is 9.11 Å². The summed E-state index contributed by atoms with van der Waals surface area (Å²) in [4.78, 5) is 11.0. The molecule has 0 aliphatic rings. The standard InChI is InChI=1S/C7H16N2O7S2/c10-7(8-3-1-5-17(11,12)13)9-4-2-6-18(14,15)16/h1-6H2,(H2,8,9,10)(H,11,12,13)(H,14,15,16). The van der Waals surface area contributed by atoms with E-state index in [0.29, 0.717) is 0 Å². The van der Waals surface area contributed by atoms with Gasteiger partial charge in [0.25, 0.3) is 20.2 Å². The molecule has 2 amide bonds. The molecule has 0 radical (unpaired) electrons. The molecule has 0 aromatic heterocycles. The molecule has 0 unspecified atom stereocenters. The molecule has 0 aromatic rings. The second-order valence-electron chi connectivity index (χ2n) is 3.46. The molecule has 0 spiro atoms. The van der Waals surface area contributed by atoms with Crippen LogP contribution in [-0.4, -0.2) is 56.6 Å². The Morgan fingerprint density at radius 2 is 1.17 bits per heavy atom. The number of amides is 2. The summed E-state index contributed by atoms with van der Waals surface area (Å²) in [5.41, 5.74) is 0. The van der Waals surface area contributed by atoms with Crippen LogP contribution >= 0.6 is 0 Å². The number of hydrogen-bond acceptors (Lipinski definition) is 5. The van der Waals surface area contributed by atoms with Crippen LogP contribution < -0.4 is 10.6 Å². The predicted molar refractivity (Wildman–Crippen MR) is 63.5 cm³/mol. The van der Waals surface area contributed by atoms with Crippen LogP contribution in [0.15, 0.2) is 0 Å². The average Bonchev–Trinajstić information content (AvgIpc) is 2.17. The first kappa shape index (κ1) is 17.1. The highest BCUT2D eigenvalue weighted by atomic mass is 32.2. The molecule has 0 aliphatic carbocycles. The molecule has 4 N–H and O–H groups in total. The summed E-state index contributed by atoms with van der Waals surface area (Å²) >= 11 is 0. The van der Waals surface area contributed by atoms with Crippen molar-refractivity contribution < 1.29 is 30.7 Å². The maximum atomic E-state index is 11.0. The molecule has 11 heteroatoms. The topological polar surface area (TPSA) is 150 Å². The lowest BCUT2D eigenvalue weighted by atomic mass is 10.4. The summed E-state index contributed by atoms with van der Waals surface area (Å²) in [6.45, 7) is 0.119. The van der Waals surface area contributed by atoms with E-state index in [2.05, 4.69) is 10.6 Å². The Bertz CT molecular complexity index is 414. The number of nitrogens with one attached hydrogen (secondary N) is 2. The third kappa shape index (κ3) is 13.2. The van der Waals surface area contributed by atoms with E-state index in [1.807, 2.05) is 0 Å². The molecule has 9 nitrogen and oxygen atoms in total. The Labute approximate surface area is 105 Å². The van der Waals surface area contributed by atoms with Crippen molar-refractivity contribution in [3.8, 4) is 0 Å². The first-order valence-corrected chi connectivity index (χ1v) is 8.24. The molecule has 0 bridgehead atoms. The van der Waals surface area contributed by atoms with Crippen molar-refractivity contribution in [2.24, 2.45) is 0 Å². The van der Waals surface area contributed by atoms with Crippen LogP contribution in [0.1, 0.15) is 12.8 Å². The van der Waals surface area contributed by atoms with Gasteiger partial charge in [0.1, 0.15) is 0 Å². The van der Waals surface area contributed by atoms with Crippen molar-refractivity contribution in [3.63, 3.8) is 0 Å². The van der Waals surface area contributed by atoms with Gasteiger partial charge >= 0.3 is 6.03 Å². The van der Waals surface area contributed by atoms with Gasteiger partial charge in [-0.1, -0.05) is 0 Å². The van der Waals surface area contributed by atoms with E-state index >= 15 is 0 Å². The maximum absolute atomic E-state index is 11.0. The van der Waals surface area contributed by atoms with Crippen molar-refractivity contribution in [1.82, 2.24) is 10.6 Å². The van der Waals surface area contributed by atoms with Crippen LogP contribution in [0.5, 0.6) is 0 Å². The predicted octanol–water partition coefficient (Wildman–Crippen LogP) is -1.16. The highest BCUT2D eigenvalue weighted by Crippen LogP contribution is 1.87. The molecule has 0 aromatic carbocycles. The zero-order chi connectivity index (χ0) is 14.2. The lowest BCUT2D eigenvalue weighted by molar-refractivity contribution is 0.241. The Hall–Kier alpha value is -0.910. The van der Waals surface area contributed by atoms with Gasteiger partial charge in [0.2, 0.25) is 0 Å². The second-order valence-corrected chi connectivity index (χ2v) is 6.61. The molecular formula is C7H16N2O7S2. The molecule has 0 saturated heterocycles. The van der Waals surface area contributed by atoms with Gasteiger partial charge in [-0.05, 0) is 12.8 Å². The van der Waals surface area contributed by atoms with Crippen LogP contribution in [0, 0.1) is 0 Å². The number of hydrogen-bond donors (Lipinski definition) is 4. The van der Waals surface area contributed by atoms with Gasteiger partial charge in [0.15, 0.2) is 0 Å². The monoisotopic (exact) mass is 304 g/mol. The molecule has 0 saturated carbocycles. The summed E-state index contributed by atoms with van der Waals surface area (Å²) in [5.74, 6) is -0.897. The van der Waals surface area contributed by atoms with Crippen LogP contribution in [0.4, 0.5) is 4.79 Å². The van der Waals surface area contributed by atoms with Gasteiger partial charge in [-0.15, -0.1) is 0 Å². The van der Waals surface area contributed by atoms with Crippen molar-refractivity contribution in [2.75, 3.05) is 24.6 Å². The van der Waals surface area contributed by atoms with E-state index in [1.165, 1.54) is 0 Å². The SMILES string of the molecule is O=C(NCCCS(=O)(=O)O)NCCCS(=O)(=O)O. The fourth-order valence-corrected chi connectivity index (χ4v) is 1.99. The van der Waals surface area contributed by atoms with Gasteiger partial charge in [-0.25, -0.2) is 4.79 Å². The Balaban J connectivity index is 3.55. The van der Waals surface area contributed by atoms with E-state index in [-0.39, 0.29) is 25.9 Å². The highest BCUT2D eigenvalue weighted by molar-refractivity contribution is 7.86. The van der Waals surface area contributed by atoms with Crippen molar-refractivity contribution in [2.45, 2.75) is 12.8 Å². The summed E-state index contributed by atoms with van der Waals surface area (Å²) in [6, 6.07) is -0.583. The third-order valence-corrected chi connectivity index (χ3v) is 3.34. The first-order chi connectivity index (χ1) is 8.10. The van der Waals surface area contributed by atoms with E-state index in [0.717, 1.165) is 0 Å². The van der Waals surface area contributed by atoms with Gasteiger partial charge in [-0.2, -0.15) is 16.8 Å². The molecule has 0 rings (SSSR count). The quantitative estimate of drug-likeness (QED) is 0.326. The zero-order valence-electron chi connectivity index (χ0n) is 9.49. The second kappa shape index (κ2) is 7.51. The molecule has 18 heavy (non-hydrogen) atoms. The van der Waals surface area contributed by atoms with E-state index in [9.17, 15) is 21.6 Å². The highest BCUT2D eigenvalue weighted by Gasteiger charge is 2.06. The van der Waals surface area contributed by atoms with Gasteiger partial charge in [0.05, 0.1) is 11.5 Å². The molecule has 0 atom stereocenters. The first-order valence-electron chi connectivity index (χ1n) is 5.02. The minimum atomic E-state index is -4.03. The van der Waals surface area contributed by atoms with Gasteiger partial charge in [0, 0.05) is 13.1 Å². The molecule has 108 valence electrons. The molecular weight excluding hydrogens is 288 g/mol. The average molecular weight is 304 g/mol. The maximum Gasteiger partial charge on any atom is 0.314 e. The minimum Gasteiger partial charge on any atom is -0.338 e. The van der Waals surface area contributed by atoms with Gasteiger partial charge < -0.3 is 10.6 Å². The van der Waals surface area contributed by atoms with Crippen LogP contribution in [0.2, 0.25) is 0 Å². The zero-order valence-corrected chi connectivity index (χ0v) is 11.1. The summed E-state index contributed by atoms with van der Waals surface area (Å²) < 4.78 is 58.1. The Kier molecular flexibility index (Phi) is 7.13. The smallest absolute Gasteiger partial charge is 0.314 e. The normalized spacial score (nSPS) is 12.1. The fourth-order valence-electron chi connectivity index (χ4n) is 0.975. The lowest BCUT2D eigenvalue weighted by Crippen LogP contribution is -2.37. The van der Waals surface area contributed by atoms with Crippen molar-refractivity contribution in [3.05, 3.63) is 0 Å².